The molecule has 0 aromatic heterocycles. The van der Waals surface area contributed by atoms with Crippen LogP contribution >= 0.6 is 0 Å². The van der Waals surface area contributed by atoms with Crippen LogP contribution in [0, 0.1) is 6.92 Å². The molecule has 0 bridgehead atoms. The molecule has 13 heavy (non-hydrogen) atoms. The van der Waals surface area contributed by atoms with Crippen LogP contribution in [-0.4, -0.2) is 26.2 Å². The fourth-order valence-corrected chi connectivity index (χ4v) is 1.23. The van der Waals surface area contributed by atoms with Crippen molar-refractivity contribution in [3.05, 3.63) is 6.92 Å². The Kier molecular flexibility index (Phi) is 11.8. The highest BCUT2D eigenvalue weighted by atomic mass is 14.9. The molecular weight excluding hydrogens is 160 g/mol. The molecule has 2 N–H and O–H groups in total. The van der Waals surface area contributed by atoms with Crippen molar-refractivity contribution in [2.24, 2.45) is 0 Å². The van der Waals surface area contributed by atoms with Gasteiger partial charge in [-0.05, 0) is 25.9 Å². The standard InChI is InChI=1S/C11H25N2/c1-3-5-6-7-9-13-11-10-12-8-4-2/h12-13H,2-11H2,1H3. The zero-order valence-electron chi connectivity index (χ0n) is 9.07. The van der Waals surface area contributed by atoms with Crippen LogP contribution in [0.4, 0.5) is 0 Å². The van der Waals surface area contributed by atoms with Crippen molar-refractivity contribution in [3.63, 3.8) is 0 Å². The second-order valence-electron chi connectivity index (χ2n) is 3.41. The molecule has 0 aliphatic carbocycles. The molecule has 0 heterocycles. The third-order valence-corrected chi connectivity index (χ3v) is 2.04. The number of rotatable bonds is 10. The number of hydrogen-bond acceptors (Lipinski definition) is 2. The first kappa shape index (κ1) is 12.9. The van der Waals surface area contributed by atoms with Crippen LogP contribution in [0.1, 0.15) is 39.0 Å². The lowest BCUT2D eigenvalue weighted by Gasteiger charge is -2.05. The number of hydrogen-bond donors (Lipinski definition) is 2. The third kappa shape index (κ3) is 11.9. The summed E-state index contributed by atoms with van der Waals surface area (Å²) in [6.07, 6.45) is 6.38. The minimum Gasteiger partial charge on any atom is -0.315 e. The molecular formula is C11H25N2. The van der Waals surface area contributed by atoms with Gasteiger partial charge in [0.2, 0.25) is 0 Å². The zero-order valence-corrected chi connectivity index (χ0v) is 9.07. The van der Waals surface area contributed by atoms with Crippen molar-refractivity contribution in [2.45, 2.75) is 39.0 Å². The van der Waals surface area contributed by atoms with Gasteiger partial charge < -0.3 is 10.6 Å². The molecule has 2 heteroatoms. The Morgan fingerprint density at radius 3 is 2.15 bits per heavy atom. The van der Waals surface area contributed by atoms with Crippen molar-refractivity contribution >= 4 is 0 Å². The Hall–Kier alpha value is -0.0800. The fourth-order valence-electron chi connectivity index (χ4n) is 1.23. The van der Waals surface area contributed by atoms with Gasteiger partial charge in [0.15, 0.2) is 0 Å². The van der Waals surface area contributed by atoms with Gasteiger partial charge in [-0.15, -0.1) is 0 Å². The molecule has 0 amide bonds. The Morgan fingerprint density at radius 2 is 1.54 bits per heavy atom. The first-order chi connectivity index (χ1) is 6.41. The zero-order chi connectivity index (χ0) is 9.78. The fraction of sp³-hybridized carbons (Fsp3) is 0.909. The summed E-state index contributed by atoms with van der Waals surface area (Å²) < 4.78 is 0. The maximum Gasteiger partial charge on any atom is 0.00767 e. The molecule has 0 saturated heterocycles. The van der Waals surface area contributed by atoms with E-state index in [0.717, 1.165) is 26.1 Å². The van der Waals surface area contributed by atoms with E-state index in [2.05, 4.69) is 24.5 Å². The van der Waals surface area contributed by atoms with E-state index >= 15 is 0 Å². The summed E-state index contributed by atoms with van der Waals surface area (Å²) >= 11 is 0. The monoisotopic (exact) mass is 185 g/mol. The van der Waals surface area contributed by atoms with Gasteiger partial charge in [0, 0.05) is 13.1 Å². The van der Waals surface area contributed by atoms with Crippen LogP contribution in [-0.2, 0) is 0 Å². The largest absolute Gasteiger partial charge is 0.315 e. The van der Waals surface area contributed by atoms with E-state index < -0.39 is 0 Å². The lowest BCUT2D eigenvalue weighted by molar-refractivity contribution is 0.574. The van der Waals surface area contributed by atoms with Crippen LogP contribution in [0.25, 0.3) is 0 Å². The molecule has 0 aliphatic heterocycles. The second-order valence-corrected chi connectivity index (χ2v) is 3.41. The third-order valence-electron chi connectivity index (χ3n) is 2.04. The van der Waals surface area contributed by atoms with E-state index in [4.69, 9.17) is 0 Å². The Balaban J connectivity index is 2.76. The molecule has 0 atom stereocenters. The SMILES string of the molecule is [CH2]CCNCCNCCCCCC. The van der Waals surface area contributed by atoms with E-state index in [1.807, 2.05) is 0 Å². The summed E-state index contributed by atoms with van der Waals surface area (Å²) in [7, 11) is 0. The van der Waals surface area contributed by atoms with Gasteiger partial charge in [0.05, 0.1) is 0 Å². The lowest BCUT2D eigenvalue weighted by Crippen LogP contribution is -2.28. The van der Waals surface area contributed by atoms with Crippen molar-refractivity contribution < 1.29 is 0 Å². The molecule has 0 saturated carbocycles. The van der Waals surface area contributed by atoms with Crippen molar-refractivity contribution in [2.75, 3.05) is 26.2 Å². The van der Waals surface area contributed by atoms with Crippen molar-refractivity contribution in [1.82, 2.24) is 10.6 Å². The van der Waals surface area contributed by atoms with Gasteiger partial charge in [0.25, 0.3) is 0 Å². The quantitative estimate of drug-likeness (QED) is 0.508. The van der Waals surface area contributed by atoms with Gasteiger partial charge in [-0.1, -0.05) is 33.1 Å². The topological polar surface area (TPSA) is 24.1 Å². The van der Waals surface area contributed by atoms with Gasteiger partial charge >= 0.3 is 0 Å². The molecule has 0 aromatic carbocycles. The van der Waals surface area contributed by atoms with E-state index in [0.29, 0.717) is 0 Å². The van der Waals surface area contributed by atoms with E-state index in [1.165, 1.54) is 32.2 Å². The summed E-state index contributed by atoms with van der Waals surface area (Å²) in [5.74, 6) is 0. The van der Waals surface area contributed by atoms with Crippen LogP contribution < -0.4 is 10.6 Å². The van der Waals surface area contributed by atoms with Crippen LogP contribution in [0.2, 0.25) is 0 Å². The predicted molar refractivity (Wildman–Crippen MR) is 59.9 cm³/mol. The summed E-state index contributed by atoms with van der Waals surface area (Å²) in [5.41, 5.74) is 0. The van der Waals surface area contributed by atoms with Gasteiger partial charge in [0.1, 0.15) is 0 Å². The Labute approximate surface area is 83.5 Å². The van der Waals surface area contributed by atoms with E-state index in [-0.39, 0.29) is 0 Å². The predicted octanol–water partition coefficient (Wildman–Crippen LogP) is 1.97. The summed E-state index contributed by atoms with van der Waals surface area (Å²) in [4.78, 5) is 0. The van der Waals surface area contributed by atoms with E-state index in [1.54, 1.807) is 0 Å². The average molecular weight is 185 g/mol. The highest BCUT2D eigenvalue weighted by molar-refractivity contribution is 4.53. The molecule has 0 rings (SSSR count). The van der Waals surface area contributed by atoms with Crippen LogP contribution in [0.15, 0.2) is 0 Å². The van der Waals surface area contributed by atoms with Gasteiger partial charge in [-0.2, -0.15) is 0 Å². The molecule has 79 valence electrons. The molecule has 2 nitrogen and oxygen atoms in total. The molecule has 0 fully saturated rings. The summed E-state index contributed by atoms with van der Waals surface area (Å²) in [6, 6.07) is 0. The molecule has 0 aliphatic rings. The maximum absolute atomic E-state index is 3.77. The lowest BCUT2D eigenvalue weighted by atomic mass is 10.2. The second kappa shape index (κ2) is 11.9. The summed E-state index contributed by atoms with van der Waals surface area (Å²) in [5, 5.41) is 6.73. The first-order valence-electron chi connectivity index (χ1n) is 5.62. The molecule has 1 radical (unpaired) electrons. The van der Waals surface area contributed by atoms with Crippen molar-refractivity contribution in [1.29, 1.82) is 0 Å². The van der Waals surface area contributed by atoms with E-state index in [9.17, 15) is 0 Å². The highest BCUT2D eigenvalue weighted by Crippen LogP contribution is 1.96. The number of nitrogens with one attached hydrogen (secondary N) is 2. The first-order valence-corrected chi connectivity index (χ1v) is 5.62. The summed E-state index contributed by atoms with van der Waals surface area (Å²) in [6.45, 7) is 10.4. The maximum atomic E-state index is 3.77. The average Bonchev–Trinajstić information content (AvgIpc) is 2.16. The smallest absolute Gasteiger partial charge is 0.00767 e. The van der Waals surface area contributed by atoms with Crippen LogP contribution in [0.5, 0.6) is 0 Å². The molecule has 0 aromatic rings. The normalized spacial score (nSPS) is 10.6. The van der Waals surface area contributed by atoms with Crippen molar-refractivity contribution in [3.8, 4) is 0 Å². The van der Waals surface area contributed by atoms with Crippen LogP contribution in [0.3, 0.4) is 0 Å². The van der Waals surface area contributed by atoms with Gasteiger partial charge in [-0.3, -0.25) is 0 Å². The Morgan fingerprint density at radius 1 is 0.846 bits per heavy atom. The number of unbranched alkanes of at least 4 members (excludes halogenated alkanes) is 3. The van der Waals surface area contributed by atoms with Gasteiger partial charge in [-0.25, -0.2) is 0 Å². The highest BCUT2D eigenvalue weighted by Gasteiger charge is 1.88. The molecule has 0 spiro atoms. The Bertz CT molecular complexity index is 74.2. The minimum atomic E-state index is 0.983. The molecule has 0 unspecified atom stereocenters. The minimum absolute atomic E-state index is 0.983.